The molecule has 0 bridgehead atoms. The van der Waals surface area contributed by atoms with Crippen LogP contribution in [-0.2, 0) is 0 Å². The first-order valence-electron chi connectivity index (χ1n) is 6.61. The second-order valence-electron chi connectivity index (χ2n) is 3.99. The first-order valence-corrected chi connectivity index (χ1v) is 6.99. The number of para-hydroxylation sites is 1. The molecule has 0 spiro atoms. The van der Waals surface area contributed by atoms with Gasteiger partial charge in [0.15, 0.2) is 0 Å². The van der Waals surface area contributed by atoms with Crippen LogP contribution < -0.4 is 4.74 Å². The lowest BCUT2D eigenvalue weighted by Gasteiger charge is -2.17. The van der Waals surface area contributed by atoms with E-state index in [-0.39, 0.29) is 5.92 Å². The molecule has 0 fully saturated rings. The van der Waals surface area contributed by atoms with E-state index in [1.807, 2.05) is 50.2 Å². The Morgan fingerprint density at radius 3 is 2.00 bits per heavy atom. The molecular weight excluding hydrogens is 256 g/mol. The second-order valence-corrected chi connectivity index (χ2v) is 4.39. The molecule has 0 aliphatic rings. The number of methoxy groups -OCH3 is 1. The topological polar surface area (TPSA) is 9.23 Å². The van der Waals surface area contributed by atoms with Crippen molar-refractivity contribution in [2.75, 3.05) is 7.11 Å². The van der Waals surface area contributed by atoms with Crippen LogP contribution in [0.1, 0.15) is 37.8 Å². The summed E-state index contributed by atoms with van der Waals surface area (Å²) in [6, 6.07) is 16.0. The van der Waals surface area contributed by atoms with E-state index in [0.29, 0.717) is 0 Å². The van der Waals surface area contributed by atoms with Crippen molar-refractivity contribution in [3.8, 4) is 5.75 Å². The Morgan fingerprint density at radius 1 is 0.895 bits per heavy atom. The quantitative estimate of drug-likeness (QED) is 0.716. The van der Waals surface area contributed by atoms with Crippen molar-refractivity contribution in [3.63, 3.8) is 0 Å². The van der Waals surface area contributed by atoms with Gasteiger partial charge in [-0.25, -0.2) is 0 Å². The SMILES string of the molecule is CC.COc1ccccc1C(C)c1ccccc1Cl. The number of hydrogen-bond donors (Lipinski definition) is 0. The van der Waals surface area contributed by atoms with Crippen molar-refractivity contribution < 1.29 is 4.74 Å². The van der Waals surface area contributed by atoms with Crippen LogP contribution in [-0.4, -0.2) is 7.11 Å². The maximum atomic E-state index is 6.22. The third-order valence-electron chi connectivity index (χ3n) is 2.98. The molecule has 0 aromatic heterocycles. The molecular formula is C17H21ClO. The Morgan fingerprint density at radius 2 is 1.42 bits per heavy atom. The molecule has 0 aliphatic heterocycles. The summed E-state index contributed by atoms with van der Waals surface area (Å²) in [6.07, 6.45) is 0. The molecule has 0 amide bonds. The molecule has 2 heteroatoms. The minimum atomic E-state index is 0.222. The monoisotopic (exact) mass is 276 g/mol. The largest absolute Gasteiger partial charge is 0.496 e. The van der Waals surface area contributed by atoms with E-state index in [2.05, 4.69) is 19.1 Å². The highest BCUT2D eigenvalue weighted by atomic mass is 35.5. The van der Waals surface area contributed by atoms with Crippen molar-refractivity contribution in [3.05, 3.63) is 64.7 Å². The first kappa shape index (κ1) is 15.6. The molecule has 2 rings (SSSR count). The summed E-state index contributed by atoms with van der Waals surface area (Å²) >= 11 is 6.22. The summed E-state index contributed by atoms with van der Waals surface area (Å²) in [5.74, 6) is 1.12. The Kier molecular flexibility index (Phi) is 6.44. The highest BCUT2D eigenvalue weighted by molar-refractivity contribution is 6.31. The minimum absolute atomic E-state index is 0.222. The molecule has 1 nitrogen and oxygen atoms in total. The number of hydrogen-bond acceptors (Lipinski definition) is 1. The van der Waals surface area contributed by atoms with Crippen molar-refractivity contribution >= 4 is 11.6 Å². The maximum absolute atomic E-state index is 6.22. The molecule has 0 saturated carbocycles. The Balaban J connectivity index is 0.000000861. The molecule has 0 saturated heterocycles. The lowest BCUT2D eigenvalue weighted by Crippen LogP contribution is -1.99. The lowest BCUT2D eigenvalue weighted by molar-refractivity contribution is 0.408. The molecule has 19 heavy (non-hydrogen) atoms. The van der Waals surface area contributed by atoms with Gasteiger partial charge >= 0.3 is 0 Å². The van der Waals surface area contributed by atoms with Crippen LogP contribution in [0.4, 0.5) is 0 Å². The van der Waals surface area contributed by atoms with Crippen molar-refractivity contribution in [1.29, 1.82) is 0 Å². The van der Waals surface area contributed by atoms with Gasteiger partial charge in [0.25, 0.3) is 0 Å². The number of benzene rings is 2. The fraction of sp³-hybridized carbons (Fsp3) is 0.294. The zero-order chi connectivity index (χ0) is 14.3. The summed E-state index contributed by atoms with van der Waals surface area (Å²) in [7, 11) is 1.69. The second kappa shape index (κ2) is 7.85. The Hall–Kier alpha value is -1.47. The molecule has 2 aromatic carbocycles. The summed E-state index contributed by atoms with van der Waals surface area (Å²) in [5, 5.41) is 0.797. The van der Waals surface area contributed by atoms with Gasteiger partial charge in [-0.1, -0.05) is 68.8 Å². The number of rotatable bonds is 3. The average molecular weight is 277 g/mol. The van der Waals surface area contributed by atoms with Crippen LogP contribution >= 0.6 is 11.6 Å². The van der Waals surface area contributed by atoms with Crippen molar-refractivity contribution in [2.45, 2.75) is 26.7 Å². The molecule has 1 atom stereocenters. The van der Waals surface area contributed by atoms with E-state index >= 15 is 0 Å². The molecule has 0 heterocycles. The fourth-order valence-electron chi connectivity index (χ4n) is 2.02. The summed E-state index contributed by atoms with van der Waals surface area (Å²) in [6.45, 7) is 6.14. The van der Waals surface area contributed by atoms with Gasteiger partial charge in [0, 0.05) is 16.5 Å². The summed E-state index contributed by atoms with van der Waals surface area (Å²) in [5.41, 5.74) is 2.28. The van der Waals surface area contributed by atoms with Gasteiger partial charge in [-0.2, -0.15) is 0 Å². The van der Waals surface area contributed by atoms with Crippen LogP contribution in [0.15, 0.2) is 48.5 Å². The lowest BCUT2D eigenvalue weighted by atomic mass is 9.92. The highest BCUT2D eigenvalue weighted by Crippen LogP contribution is 2.34. The summed E-state index contributed by atoms with van der Waals surface area (Å²) in [4.78, 5) is 0. The van der Waals surface area contributed by atoms with Crippen LogP contribution in [0.5, 0.6) is 5.75 Å². The third kappa shape index (κ3) is 3.74. The van der Waals surface area contributed by atoms with E-state index in [1.54, 1.807) is 7.11 Å². The predicted octanol–water partition coefficient (Wildman–Crippen LogP) is 5.53. The van der Waals surface area contributed by atoms with Gasteiger partial charge in [-0.15, -0.1) is 0 Å². The number of halogens is 1. The minimum Gasteiger partial charge on any atom is -0.496 e. The van der Waals surface area contributed by atoms with E-state index in [4.69, 9.17) is 16.3 Å². The van der Waals surface area contributed by atoms with Crippen molar-refractivity contribution in [1.82, 2.24) is 0 Å². The average Bonchev–Trinajstić information content (AvgIpc) is 2.49. The van der Waals surface area contributed by atoms with E-state index in [0.717, 1.165) is 21.9 Å². The van der Waals surface area contributed by atoms with Crippen molar-refractivity contribution in [2.24, 2.45) is 0 Å². The van der Waals surface area contributed by atoms with E-state index < -0.39 is 0 Å². The Bertz CT molecular complexity index is 508. The first-order chi connectivity index (χ1) is 9.24. The van der Waals surface area contributed by atoms with Gasteiger partial charge in [0.1, 0.15) is 5.75 Å². The fourth-order valence-corrected chi connectivity index (χ4v) is 2.32. The third-order valence-corrected chi connectivity index (χ3v) is 3.32. The zero-order valence-electron chi connectivity index (χ0n) is 12.0. The van der Waals surface area contributed by atoms with Gasteiger partial charge in [-0.05, 0) is 17.7 Å². The zero-order valence-corrected chi connectivity index (χ0v) is 12.7. The summed E-state index contributed by atoms with van der Waals surface area (Å²) < 4.78 is 5.38. The van der Waals surface area contributed by atoms with Gasteiger partial charge in [0.2, 0.25) is 0 Å². The smallest absolute Gasteiger partial charge is 0.122 e. The molecule has 102 valence electrons. The molecule has 0 N–H and O–H groups in total. The van der Waals surface area contributed by atoms with Gasteiger partial charge in [-0.3, -0.25) is 0 Å². The van der Waals surface area contributed by atoms with Crippen LogP contribution in [0, 0.1) is 0 Å². The van der Waals surface area contributed by atoms with E-state index in [1.165, 1.54) is 0 Å². The standard InChI is InChI=1S/C15H15ClO.C2H6/c1-11(12-7-3-5-9-14(12)16)13-8-4-6-10-15(13)17-2;1-2/h3-11H,1-2H3;1-2H3. The maximum Gasteiger partial charge on any atom is 0.122 e. The molecule has 1 unspecified atom stereocenters. The van der Waals surface area contributed by atoms with Gasteiger partial charge in [0.05, 0.1) is 7.11 Å². The Labute approximate surface area is 121 Å². The number of ether oxygens (including phenoxy) is 1. The van der Waals surface area contributed by atoms with Crippen LogP contribution in [0.25, 0.3) is 0 Å². The normalized spacial score (nSPS) is 11.2. The highest BCUT2D eigenvalue weighted by Gasteiger charge is 2.14. The van der Waals surface area contributed by atoms with Crippen LogP contribution in [0.2, 0.25) is 5.02 Å². The molecule has 0 aliphatic carbocycles. The molecule has 2 aromatic rings. The predicted molar refractivity (Wildman–Crippen MR) is 83.3 cm³/mol. The van der Waals surface area contributed by atoms with E-state index in [9.17, 15) is 0 Å². The van der Waals surface area contributed by atoms with Gasteiger partial charge < -0.3 is 4.74 Å². The van der Waals surface area contributed by atoms with Crippen LogP contribution in [0.3, 0.4) is 0 Å². The molecule has 0 radical (unpaired) electrons.